The van der Waals surface area contributed by atoms with Crippen molar-refractivity contribution in [3.8, 4) is 5.69 Å². The third kappa shape index (κ3) is 3.63. The number of halogens is 1. The Hall–Kier alpha value is -3.33. The summed E-state index contributed by atoms with van der Waals surface area (Å²) in [4.78, 5) is 33.6. The molecule has 1 amide bonds. The number of rotatable bonds is 5. The van der Waals surface area contributed by atoms with Crippen molar-refractivity contribution >= 4 is 27.5 Å². The fourth-order valence-electron chi connectivity index (χ4n) is 3.38. The molecule has 0 fully saturated rings. The number of thiophene rings is 1. The minimum Gasteiger partial charge on any atom is -0.338 e. The first-order valence-corrected chi connectivity index (χ1v) is 10.2. The molecule has 3 heterocycles. The minimum atomic E-state index is -0.378. The van der Waals surface area contributed by atoms with Crippen LogP contribution in [0.2, 0.25) is 0 Å². The fourth-order valence-corrected chi connectivity index (χ4v) is 4.11. The van der Waals surface area contributed by atoms with Gasteiger partial charge in [-0.05, 0) is 37.4 Å². The maximum absolute atomic E-state index is 14.2. The van der Waals surface area contributed by atoms with Gasteiger partial charge in [0, 0.05) is 18.3 Å². The van der Waals surface area contributed by atoms with Gasteiger partial charge in [0.2, 0.25) is 5.91 Å². The normalized spacial score (nSPS) is 11.2. The SMILES string of the molecule is Cc1nn(-c2ccccc2F)c(C)c1CC(=O)N(C)Cc1nc2ccsc2c(=O)[nH]1. The number of nitrogens with zero attached hydrogens (tertiary/aromatic N) is 4. The Morgan fingerprint density at radius 2 is 2.03 bits per heavy atom. The highest BCUT2D eigenvalue weighted by atomic mass is 32.1. The highest BCUT2D eigenvalue weighted by Gasteiger charge is 2.20. The number of aryl methyl sites for hydroxylation is 1. The van der Waals surface area contributed by atoms with Crippen LogP contribution in [0.4, 0.5) is 4.39 Å². The summed E-state index contributed by atoms with van der Waals surface area (Å²) in [5.41, 5.74) is 2.90. The van der Waals surface area contributed by atoms with Gasteiger partial charge in [0.15, 0.2) is 0 Å². The molecule has 7 nitrogen and oxygen atoms in total. The zero-order valence-corrected chi connectivity index (χ0v) is 17.6. The summed E-state index contributed by atoms with van der Waals surface area (Å²) in [6.45, 7) is 3.80. The first-order valence-electron chi connectivity index (χ1n) is 9.35. The quantitative estimate of drug-likeness (QED) is 0.533. The number of amides is 1. The molecule has 154 valence electrons. The van der Waals surface area contributed by atoms with E-state index in [2.05, 4.69) is 15.1 Å². The van der Waals surface area contributed by atoms with Crippen LogP contribution in [0.3, 0.4) is 0 Å². The lowest BCUT2D eigenvalue weighted by atomic mass is 10.1. The summed E-state index contributed by atoms with van der Waals surface area (Å²) in [6.07, 6.45) is 0.119. The second-order valence-corrected chi connectivity index (χ2v) is 8.00. The average molecular weight is 425 g/mol. The maximum Gasteiger partial charge on any atom is 0.268 e. The summed E-state index contributed by atoms with van der Waals surface area (Å²) < 4.78 is 16.3. The molecule has 1 aromatic carbocycles. The first kappa shape index (κ1) is 20.0. The third-order valence-electron chi connectivity index (χ3n) is 5.03. The summed E-state index contributed by atoms with van der Waals surface area (Å²) in [5.74, 6) is -0.100. The van der Waals surface area contributed by atoms with Crippen LogP contribution in [0.15, 0.2) is 40.5 Å². The summed E-state index contributed by atoms with van der Waals surface area (Å²) in [5, 5.41) is 6.23. The van der Waals surface area contributed by atoms with Gasteiger partial charge in [-0.1, -0.05) is 12.1 Å². The molecule has 9 heteroatoms. The van der Waals surface area contributed by atoms with E-state index in [1.165, 1.54) is 27.0 Å². The molecule has 0 aliphatic carbocycles. The Morgan fingerprint density at radius 1 is 1.27 bits per heavy atom. The number of nitrogens with one attached hydrogen (secondary N) is 1. The number of para-hydroxylation sites is 1. The molecule has 1 N–H and O–H groups in total. The molecule has 0 spiro atoms. The smallest absolute Gasteiger partial charge is 0.268 e. The van der Waals surface area contributed by atoms with E-state index in [0.717, 1.165) is 5.56 Å². The topological polar surface area (TPSA) is 83.9 Å². The van der Waals surface area contributed by atoms with Gasteiger partial charge in [-0.25, -0.2) is 14.1 Å². The molecule has 0 bridgehead atoms. The highest BCUT2D eigenvalue weighted by molar-refractivity contribution is 7.17. The van der Waals surface area contributed by atoms with Crippen LogP contribution in [0.1, 0.15) is 22.8 Å². The largest absolute Gasteiger partial charge is 0.338 e. The van der Waals surface area contributed by atoms with E-state index >= 15 is 0 Å². The monoisotopic (exact) mass is 425 g/mol. The van der Waals surface area contributed by atoms with Gasteiger partial charge in [0.05, 0.1) is 24.2 Å². The van der Waals surface area contributed by atoms with E-state index in [0.29, 0.717) is 33.1 Å². The van der Waals surface area contributed by atoms with Crippen molar-refractivity contribution in [2.45, 2.75) is 26.8 Å². The lowest BCUT2D eigenvalue weighted by molar-refractivity contribution is -0.129. The molecule has 0 atom stereocenters. The number of fused-ring (bicyclic) bond motifs is 1. The Bertz CT molecular complexity index is 1310. The average Bonchev–Trinajstić information content (AvgIpc) is 3.28. The molecule has 3 aromatic heterocycles. The Morgan fingerprint density at radius 3 is 2.80 bits per heavy atom. The lowest BCUT2D eigenvalue weighted by Crippen LogP contribution is -2.29. The second kappa shape index (κ2) is 7.83. The van der Waals surface area contributed by atoms with Crippen molar-refractivity contribution in [3.63, 3.8) is 0 Å². The summed E-state index contributed by atoms with van der Waals surface area (Å²) >= 11 is 1.33. The number of aromatic amines is 1. The molecule has 0 aliphatic rings. The molecule has 0 unspecified atom stereocenters. The van der Waals surface area contributed by atoms with Crippen LogP contribution >= 0.6 is 11.3 Å². The van der Waals surface area contributed by atoms with Crippen LogP contribution in [-0.4, -0.2) is 37.6 Å². The number of aromatic nitrogens is 4. The zero-order valence-electron chi connectivity index (χ0n) is 16.8. The molecule has 0 radical (unpaired) electrons. The maximum atomic E-state index is 14.2. The number of hydrogen-bond donors (Lipinski definition) is 1. The predicted octanol–water partition coefficient (Wildman–Crippen LogP) is 3.13. The Kier molecular flexibility index (Phi) is 5.21. The Labute approximate surface area is 175 Å². The van der Waals surface area contributed by atoms with E-state index in [1.807, 2.05) is 12.3 Å². The van der Waals surface area contributed by atoms with Crippen LogP contribution < -0.4 is 5.56 Å². The predicted molar refractivity (Wildman–Crippen MR) is 113 cm³/mol. The van der Waals surface area contributed by atoms with Gasteiger partial charge in [0.1, 0.15) is 22.0 Å². The highest BCUT2D eigenvalue weighted by Crippen LogP contribution is 2.21. The van der Waals surface area contributed by atoms with Crippen molar-refractivity contribution in [1.82, 2.24) is 24.6 Å². The lowest BCUT2D eigenvalue weighted by Gasteiger charge is -2.17. The van der Waals surface area contributed by atoms with E-state index in [9.17, 15) is 14.0 Å². The molecule has 4 aromatic rings. The van der Waals surface area contributed by atoms with Gasteiger partial charge in [-0.15, -0.1) is 11.3 Å². The molecule has 30 heavy (non-hydrogen) atoms. The van der Waals surface area contributed by atoms with Crippen molar-refractivity contribution in [2.75, 3.05) is 7.05 Å². The molecule has 0 saturated carbocycles. The van der Waals surface area contributed by atoms with Crippen LogP contribution in [-0.2, 0) is 17.8 Å². The van der Waals surface area contributed by atoms with Crippen LogP contribution in [0.25, 0.3) is 15.9 Å². The molecular weight excluding hydrogens is 405 g/mol. The van der Waals surface area contributed by atoms with Gasteiger partial charge in [-0.3, -0.25) is 9.59 Å². The number of carbonyl (C=O) groups is 1. The number of H-pyrrole nitrogens is 1. The van der Waals surface area contributed by atoms with Crippen molar-refractivity contribution in [3.05, 3.63) is 74.7 Å². The third-order valence-corrected chi connectivity index (χ3v) is 5.93. The number of benzene rings is 1. The van der Waals surface area contributed by atoms with Crippen molar-refractivity contribution in [2.24, 2.45) is 0 Å². The standard InChI is InChI=1S/C21H20FN5O2S/c1-12-14(13(2)27(25-12)17-7-5-4-6-15(17)22)10-19(28)26(3)11-18-23-16-8-9-30-20(16)21(29)24-18/h4-9H,10-11H2,1-3H3,(H,23,24,29). The van der Waals surface area contributed by atoms with E-state index < -0.39 is 0 Å². The van der Waals surface area contributed by atoms with Crippen molar-refractivity contribution < 1.29 is 9.18 Å². The summed E-state index contributed by atoms with van der Waals surface area (Å²) in [7, 11) is 1.66. The molecule has 0 saturated heterocycles. The van der Waals surface area contributed by atoms with E-state index in [-0.39, 0.29) is 30.2 Å². The summed E-state index contributed by atoms with van der Waals surface area (Å²) in [6, 6.07) is 8.17. The molecular formula is C21H20FN5O2S. The zero-order chi connectivity index (χ0) is 21.4. The number of carbonyl (C=O) groups excluding carboxylic acids is 1. The van der Waals surface area contributed by atoms with Gasteiger partial charge < -0.3 is 9.88 Å². The van der Waals surface area contributed by atoms with Crippen molar-refractivity contribution in [1.29, 1.82) is 0 Å². The van der Waals surface area contributed by atoms with Gasteiger partial charge in [-0.2, -0.15) is 5.10 Å². The second-order valence-electron chi connectivity index (χ2n) is 7.09. The van der Waals surface area contributed by atoms with Gasteiger partial charge in [0.25, 0.3) is 5.56 Å². The first-order chi connectivity index (χ1) is 14.3. The molecule has 4 rings (SSSR count). The minimum absolute atomic E-state index is 0.119. The van der Waals surface area contributed by atoms with Gasteiger partial charge >= 0.3 is 0 Å². The number of hydrogen-bond acceptors (Lipinski definition) is 5. The number of likely N-dealkylation sites (N-methyl/N-ethyl adjacent to an activating group) is 1. The van der Waals surface area contributed by atoms with E-state index in [1.54, 1.807) is 38.2 Å². The molecule has 0 aliphatic heterocycles. The Balaban J connectivity index is 1.54. The van der Waals surface area contributed by atoms with Crippen LogP contribution in [0.5, 0.6) is 0 Å². The fraction of sp³-hybridized carbons (Fsp3) is 0.238. The van der Waals surface area contributed by atoms with E-state index in [4.69, 9.17) is 0 Å². The van der Waals surface area contributed by atoms with Crippen LogP contribution in [0, 0.1) is 19.7 Å².